The molecule has 0 bridgehead atoms. The van der Waals surface area contributed by atoms with E-state index in [4.69, 9.17) is 4.74 Å². The Morgan fingerprint density at radius 2 is 1.86 bits per heavy atom. The summed E-state index contributed by atoms with van der Waals surface area (Å²) in [4.78, 5) is 18.7. The number of nitrogens with one attached hydrogen (secondary N) is 1. The van der Waals surface area contributed by atoms with Crippen LogP contribution in [0.2, 0.25) is 0 Å². The number of carbonyl (C=O) groups is 1. The van der Waals surface area contributed by atoms with Crippen molar-refractivity contribution in [2.75, 3.05) is 26.3 Å². The summed E-state index contributed by atoms with van der Waals surface area (Å²) < 4.78 is 84.2. The standard InChI is InChI=1S/C22H23F6N3O3S/c23-21(24,25)14-2-1-13(15(8-14)22(26,27)28)9-31-5-3-12(4-6-31)7-18-19(30-20(33)35-18)29-16-10-34-11-17(16)32/h1-2,7-8,12,16-17,32H,3-6,9-11H2,(H,29,30,33)/b18-7-/t16-,17-/m1/s1. The second kappa shape index (κ2) is 10.1. The first-order valence-corrected chi connectivity index (χ1v) is 11.8. The normalized spacial score (nSPS) is 27.2. The highest BCUT2D eigenvalue weighted by Gasteiger charge is 2.38. The lowest BCUT2D eigenvalue weighted by molar-refractivity contribution is -0.143. The Bertz CT molecular complexity index is 1020. The SMILES string of the molecule is O=C1NC(=N[C@@H]2COC[C@H]2O)/C(=C/C2CCN(Cc3ccc(C(F)(F)F)cc3C(F)(F)F)CC2)S1. The Kier molecular flexibility index (Phi) is 7.51. The molecule has 0 unspecified atom stereocenters. The predicted octanol–water partition coefficient (Wildman–Crippen LogP) is 4.43. The average Bonchev–Trinajstić information content (AvgIpc) is 3.33. The third-order valence-electron chi connectivity index (χ3n) is 6.13. The topological polar surface area (TPSA) is 74.2 Å². The van der Waals surface area contributed by atoms with E-state index in [0.29, 0.717) is 42.7 Å². The number of likely N-dealkylation sites (tertiary alicyclic amines) is 1. The van der Waals surface area contributed by atoms with Crippen molar-refractivity contribution < 1.29 is 41.0 Å². The molecule has 3 fully saturated rings. The number of carbonyl (C=O) groups excluding carboxylic acids is 1. The third kappa shape index (κ3) is 6.38. The number of nitrogens with zero attached hydrogens (tertiary/aromatic N) is 2. The van der Waals surface area contributed by atoms with Crippen molar-refractivity contribution in [3.8, 4) is 0 Å². The second-order valence-corrected chi connectivity index (χ2v) is 9.69. The van der Waals surface area contributed by atoms with E-state index in [1.807, 2.05) is 6.08 Å². The van der Waals surface area contributed by atoms with E-state index < -0.39 is 35.6 Å². The summed E-state index contributed by atoms with van der Waals surface area (Å²) in [5, 5.41) is 12.3. The quantitative estimate of drug-likeness (QED) is 0.572. The highest BCUT2D eigenvalue weighted by Crippen LogP contribution is 2.38. The van der Waals surface area contributed by atoms with Crippen molar-refractivity contribution in [1.29, 1.82) is 0 Å². The van der Waals surface area contributed by atoms with Crippen molar-refractivity contribution in [2.45, 2.75) is 43.9 Å². The molecule has 3 saturated heterocycles. The summed E-state index contributed by atoms with van der Waals surface area (Å²) >= 11 is 0.991. The van der Waals surface area contributed by atoms with Crippen molar-refractivity contribution in [1.82, 2.24) is 10.2 Å². The van der Waals surface area contributed by atoms with Gasteiger partial charge in [0, 0.05) is 6.54 Å². The van der Waals surface area contributed by atoms with E-state index in [-0.39, 0.29) is 42.5 Å². The molecular weight excluding hydrogens is 500 g/mol. The number of piperidine rings is 1. The van der Waals surface area contributed by atoms with Gasteiger partial charge in [-0.2, -0.15) is 26.3 Å². The molecule has 4 rings (SSSR count). The molecule has 1 amide bonds. The Morgan fingerprint density at radius 3 is 2.46 bits per heavy atom. The number of hydrogen-bond acceptors (Lipinski definition) is 6. The molecule has 0 radical (unpaired) electrons. The molecule has 0 aliphatic carbocycles. The fraction of sp³-hybridized carbons (Fsp3) is 0.545. The van der Waals surface area contributed by atoms with Gasteiger partial charge in [0.2, 0.25) is 0 Å². The lowest BCUT2D eigenvalue weighted by Gasteiger charge is -2.31. The monoisotopic (exact) mass is 523 g/mol. The van der Waals surface area contributed by atoms with Gasteiger partial charge in [-0.25, -0.2) is 0 Å². The molecule has 2 atom stereocenters. The highest BCUT2D eigenvalue weighted by atomic mass is 32.2. The van der Waals surface area contributed by atoms with E-state index in [1.165, 1.54) is 0 Å². The summed E-state index contributed by atoms with van der Waals surface area (Å²) in [6.45, 7) is 1.20. The smallest absolute Gasteiger partial charge is 0.388 e. The maximum Gasteiger partial charge on any atom is 0.416 e. The number of alkyl halides is 6. The summed E-state index contributed by atoms with van der Waals surface area (Å²) in [6.07, 6.45) is -7.40. The first-order valence-electron chi connectivity index (χ1n) is 10.9. The lowest BCUT2D eigenvalue weighted by atomic mass is 9.95. The van der Waals surface area contributed by atoms with Crippen LogP contribution in [0.15, 0.2) is 34.2 Å². The fourth-order valence-electron chi connectivity index (χ4n) is 4.25. The van der Waals surface area contributed by atoms with Crippen LogP contribution in [0.4, 0.5) is 31.1 Å². The van der Waals surface area contributed by atoms with Gasteiger partial charge in [0.1, 0.15) is 18.0 Å². The molecule has 6 nitrogen and oxygen atoms in total. The predicted molar refractivity (Wildman–Crippen MR) is 117 cm³/mol. The molecule has 1 aromatic carbocycles. The summed E-state index contributed by atoms with van der Waals surface area (Å²) in [5.41, 5.74) is -2.80. The molecule has 1 aromatic rings. The fourth-order valence-corrected chi connectivity index (χ4v) is 5.06. The van der Waals surface area contributed by atoms with Crippen molar-refractivity contribution >= 4 is 22.8 Å². The molecule has 2 N–H and O–H groups in total. The van der Waals surface area contributed by atoms with Gasteiger partial charge in [-0.3, -0.25) is 14.7 Å². The maximum atomic E-state index is 13.4. The van der Waals surface area contributed by atoms with E-state index >= 15 is 0 Å². The second-order valence-electron chi connectivity index (χ2n) is 8.68. The summed E-state index contributed by atoms with van der Waals surface area (Å²) in [5.74, 6) is 0.419. The molecule has 0 aromatic heterocycles. The number of hydrogen-bond donors (Lipinski definition) is 2. The minimum absolute atomic E-state index is 0.0473. The van der Waals surface area contributed by atoms with E-state index in [0.717, 1.165) is 17.8 Å². The zero-order chi connectivity index (χ0) is 25.4. The van der Waals surface area contributed by atoms with Crippen LogP contribution in [0.3, 0.4) is 0 Å². The first kappa shape index (κ1) is 26.0. The van der Waals surface area contributed by atoms with Crippen LogP contribution in [-0.4, -0.2) is 59.5 Å². The number of allylic oxidation sites excluding steroid dienone is 1. The number of ether oxygens (including phenoxy) is 1. The van der Waals surface area contributed by atoms with Gasteiger partial charge >= 0.3 is 12.4 Å². The van der Waals surface area contributed by atoms with Crippen LogP contribution in [0.5, 0.6) is 0 Å². The van der Waals surface area contributed by atoms with Crippen LogP contribution < -0.4 is 5.32 Å². The lowest BCUT2D eigenvalue weighted by Crippen LogP contribution is -2.33. The number of amides is 1. The van der Waals surface area contributed by atoms with Crippen molar-refractivity contribution in [3.05, 3.63) is 45.9 Å². The molecule has 3 aliphatic rings. The summed E-state index contributed by atoms with van der Waals surface area (Å²) in [7, 11) is 0. The van der Waals surface area contributed by atoms with Crippen LogP contribution >= 0.6 is 11.8 Å². The van der Waals surface area contributed by atoms with Gasteiger partial charge in [0.25, 0.3) is 5.24 Å². The van der Waals surface area contributed by atoms with E-state index in [1.54, 1.807) is 4.90 Å². The third-order valence-corrected chi connectivity index (χ3v) is 6.97. The molecule has 0 saturated carbocycles. The summed E-state index contributed by atoms with van der Waals surface area (Å²) in [6, 6.07) is 1.27. The minimum Gasteiger partial charge on any atom is -0.388 e. The number of benzene rings is 1. The molecule has 3 heterocycles. The Balaban J connectivity index is 1.41. The Labute approximate surface area is 201 Å². The molecule has 192 valence electrons. The highest BCUT2D eigenvalue weighted by molar-refractivity contribution is 8.18. The zero-order valence-corrected chi connectivity index (χ0v) is 19.1. The largest absolute Gasteiger partial charge is 0.416 e. The van der Waals surface area contributed by atoms with E-state index in [9.17, 15) is 36.2 Å². The van der Waals surface area contributed by atoms with E-state index in [2.05, 4.69) is 10.3 Å². The minimum atomic E-state index is -4.90. The molecule has 35 heavy (non-hydrogen) atoms. The number of amidine groups is 1. The number of aliphatic hydroxyl groups excluding tert-OH is 1. The van der Waals surface area contributed by atoms with Gasteiger partial charge < -0.3 is 15.2 Å². The molecule has 0 spiro atoms. The van der Waals surface area contributed by atoms with Crippen LogP contribution in [0.1, 0.15) is 29.5 Å². The number of aliphatic imine (C=N–C) groups is 1. The Hall–Kier alpha value is -2.09. The van der Waals surface area contributed by atoms with Gasteiger partial charge in [0.05, 0.1) is 29.2 Å². The number of halogens is 6. The van der Waals surface area contributed by atoms with Gasteiger partial charge in [-0.15, -0.1) is 0 Å². The Morgan fingerprint density at radius 1 is 1.14 bits per heavy atom. The van der Waals surface area contributed by atoms with Gasteiger partial charge in [-0.05, 0) is 61.3 Å². The maximum absolute atomic E-state index is 13.4. The zero-order valence-electron chi connectivity index (χ0n) is 18.3. The van der Waals surface area contributed by atoms with Crippen LogP contribution in [-0.2, 0) is 23.6 Å². The van der Waals surface area contributed by atoms with Crippen LogP contribution in [0.25, 0.3) is 0 Å². The number of thioether (sulfide) groups is 1. The van der Waals surface area contributed by atoms with Gasteiger partial charge in [0.15, 0.2) is 0 Å². The van der Waals surface area contributed by atoms with Gasteiger partial charge in [-0.1, -0.05) is 12.1 Å². The number of rotatable bonds is 4. The molecule has 3 aliphatic heterocycles. The first-order chi connectivity index (χ1) is 16.4. The van der Waals surface area contributed by atoms with Crippen LogP contribution in [0, 0.1) is 5.92 Å². The number of aliphatic hydroxyl groups is 1. The average molecular weight is 523 g/mol. The molecular formula is C22H23F6N3O3S. The van der Waals surface area contributed by atoms with Crippen molar-refractivity contribution in [2.24, 2.45) is 10.9 Å². The molecule has 13 heteroatoms. The van der Waals surface area contributed by atoms with Crippen molar-refractivity contribution in [3.63, 3.8) is 0 Å².